The Balaban J connectivity index is 2.12. The lowest BCUT2D eigenvalue weighted by atomic mass is 10.1. The summed E-state index contributed by atoms with van der Waals surface area (Å²) in [6.45, 7) is 3.47. The molecule has 17 heavy (non-hydrogen) atoms. The molecule has 1 rings (SSSR count). The third-order valence-electron chi connectivity index (χ3n) is 2.24. The molecule has 0 aliphatic rings. The minimum absolute atomic E-state index is 0.627. The van der Waals surface area contributed by atoms with Gasteiger partial charge in [0.15, 0.2) is 0 Å². The Morgan fingerprint density at radius 1 is 1.29 bits per heavy atom. The molecule has 1 aromatic rings. The van der Waals surface area contributed by atoms with E-state index in [2.05, 4.69) is 11.4 Å². The van der Waals surface area contributed by atoms with Crippen LogP contribution in [0, 0.1) is 11.3 Å². The Bertz CT molecular complexity index is 361. The fraction of sp³-hybridized carbons (Fsp3) is 0.462. The molecule has 0 spiro atoms. The van der Waals surface area contributed by atoms with Gasteiger partial charge in [-0.25, -0.2) is 0 Å². The highest BCUT2D eigenvalue weighted by Crippen LogP contribution is 2.03. The zero-order chi connectivity index (χ0) is 12.3. The topological polar surface area (TPSA) is 54.3 Å². The number of rotatable bonds is 8. The van der Waals surface area contributed by atoms with Crippen LogP contribution in [-0.4, -0.2) is 33.5 Å². The van der Waals surface area contributed by atoms with E-state index in [0.717, 1.165) is 18.7 Å². The van der Waals surface area contributed by atoms with Gasteiger partial charge in [0.2, 0.25) is 0 Å². The maximum absolute atomic E-state index is 8.75. The van der Waals surface area contributed by atoms with E-state index in [0.29, 0.717) is 25.4 Å². The number of ether oxygens (including phenoxy) is 2. The third-order valence-corrected chi connectivity index (χ3v) is 2.24. The van der Waals surface area contributed by atoms with Crippen molar-refractivity contribution in [2.45, 2.75) is 6.54 Å². The lowest BCUT2D eigenvalue weighted by Crippen LogP contribution is -2.20. The molecule has 0 aliphatic heterocycles. The molecule has 1 aromatic carbocycles. The van der Waals surface area contributed by atoms with Crippen molar-refractivity contribution in [2.75, 3.05) is 33.5 Å². The molecule has 4 nitrogen and oxygen atoms in total. The van der Waals surface area contributed by atoms with E-state index < -0.39 is 0 Å². The predicted molar refractivity (Wildman–Crippen MR) is 65.6 cm³/mol. The SMILES string of the molecule is COCCOCCNCc1cccc(C#N)c1. The molecule has 0 fully saturated rings. The Morgan fingerprint density at radius 2 is 2.18 bits per heavy atom. The number of hydrogen-bond donors (Lipinski definition) is 1. The summed E-state index contributed by atoms with van der Waals surface area (Å²) in [6, 6.07) is 9.71. The average Bonchev–Trinajstić information content (AvgIpc) is 2.38. The highest BCUT2D eigenvalue weighted by molar-refractivity contribution is 5.32. The van der Waals surface area contributed by atoms with Crippen molar-refractivity contribution in [1.82, 2.24) is 5.32 Å². The van der Waals surface area contributed by atoms with Crippen LogP contribution >= 0.6 is 0 Å². The highest BCUT2D eigenvalue weighted by Gasteiger charge is 1.95. The van der Waals surface area contributed by atoms with Crippen molar-refractivity contribution in [3.05, 3.63) is 35.4 Å². The van der Waals surface area contributed by atoms with Crippen LogP contribution in [0.1, 0.15) is 11.1 Å². The van der Waals surface area contributed by atoms with E-state index in [4.69, 9.17) is 14.7 Å². The summed E-state index contributed by atoms with van der Waals surface area (Å²) in [5.41, 5.74) is 1.81. The van der Waals surface area contributed by atoms with Gasteiger partial charge in [0.1, 0.15) is 0 Å². The first kappa shape index (κ1) is 13.7. The van der Waals surface area contributed by atoms with Crippen LogP contribution in [0.3, 0.4) is 0 Å². The van der Waals surface area contributed by atoms with Gasteiger partial charge in [0.05, 0.1) is 31.5 Å². The number of methoxy groups -OCH3 is 1. The zero-order valence-electron chi connectivity index (χ0n) is 10.1. The van der Waals surface area contributed by atoms with Crippen LogP contribution in [0.4, 0.5) is 0 Å². The van der Waals surface area contributed by atoms with E-state index in [-0.39, 0.29) is 0 Å². The number of nitriles is 1. The van der Waals surface area contributed by atoms with Gasteiger partial charge >= 0.3 is 0 Å². The number of nitrogens with one attached hydrogen (secondary N) is 1. The van der Waals surface area contributed by atoms with Gasteiger partial charge in [0.25, 0.3) is 0 Å². The van der Waals surface area contributed by atoms with Gasteiger partial charge in [-0.15, -0.1) is 0 Å². The summed E-state index contributed by atoms with van der Waals surface area (Å²) in [5.74, 6) is 0. The molecule has 0 heterocycles. The number of nitrogens with zero attached hydrogens (tertiary/aromatic N) is 1. The second-order valence-corrected chi connectivity index (χ2v) is 3.59. The summed E-state index contributed by atoms with van der Waals surface area (Å²) in [5, 5.41) is 12.0. The Morgan fingerprint density at radius 3 is 2.94 bits per heavy atom. The van der Waals surface area contributed by atoms with E-state index >= 15 is 0 Å². The first-order valence-corrected chi connectivity index (χ1v) is 5.63. The largest absolute Gasteiger partial charge is 0.382 e. The molecule has 1 N–H and O–H groups in total. The van der Waals surface area contributed by atoms with Crippen molar-refractivity contribution in [3.8, 4) is 6.07 Å². The molecule has 0 bridgehead atoms. The quantitative estimate of drug-likeness (QED) is 0.689. The summed E-state index contributed by atoms with van der Waals surface area (Å²) in [7, 11) is 1.66. The molecule has 0 aliphatic carbocycles. The van der Waals surface area contributed by atoms with Gasteiger partial charge in [-0.2, -0.15) is 5.26 Å². The smallest absolute Gasteiger partial charge is 0.0991 e. The molecular weight excluding hydrogens is 216 g/mol. The second-order valence-electron chi connectivity index (χ2n) is 3.59. The maximum atomic E-state index is 8.75. The molecule has 0 amide bonds. The lowest BCUT2D eigenvalue weighted by molar-refractivity contribution is 0.0719. The number of benzene rings is 1. The van der Waals surface area contributed by atoms with Crippen molar-refractivity contribution in [1.29, 1.82) is 5.26 Å². The van der Waals surface area contributed by atoms with E-state index in [9.17, 15) is 0 Å². The molecule has 0 saturated carbocycles. The second kappa shape index (κ2) is 8.71. The highest BCUT2D eigenvalue weighted by atomic mass is 16.5. The van der Waals surface area contributed by atoms with Gasteiger partial charge in [-0.1, -0.05) is 12.1 Å². The van der Waals surface area contributed by atoms with Gasteiger partial charge in [-0.05, 0) is 17.7 Å². The fourth-order valence-corrected chi connectivity index (χ4v) is 1.37. The third kappa shape index (κ3) is 6.03. The summed E-state index contributed by atoms with van der Waals surface area (Å²) < 4.78 is 10.2. The normalized spacial score (nSPS) is 10.1. The first-order valence-electron chi connectivity index (χ1n) is 5.63. The van der Waals surface area contributed by atoms with Crippen LogP contribution < -0.4 is 5.32 Å². The Labute approximate surface area is 102 Å². The zero-order valence-corrected chi connectivity index (χ0v) is 10.1. The minimum atomic E-state index is 0.627. The van der Waals surface area contributed by atoms with Crippen LogP contribution in [0.25, 0.3) is 0 Å². The number of hydrogen-bond acceptors (Lipinski definition) is 4. The van der Waals surface area contributed by atoms with Crippen LogP contribution in [0.2, 0.25) is 0 Å². The molecule has 0 radical (unpaired) electrons. The fourth-order valence-electron chi connectivity index (χ4n) is 1.37. The summed E-state index contributed by atoms with van der Waals surface area (Å²) in [4.78, 5) is 0. The van der Waals surface area contributed by atoms with E-state index in [1.165, 1.54) is 0 Å². The lowest BCUT2D eigenvalue weighted by Gasteiger charge is -2.06. The molecule has 92 valence electrons. The van der Waals surface area contributed by atoms with Crippen molar-refractivity contribution < 1.29 is 9.47 Å². The Hall–Kier alpha value is -1.41. The predicted octanol–water partition coefficient (Wildman–Crippen LogP) is 1.31. The molecule has 0 unspecified atom stereocenters. The standard InChI is InChI=1S/C13H18N2O2/c1-16-7-8-17-6-5-15-11-13-4-2-3-12(9-13)10-14/h2-4,9,15H,5-8,11H2,1H3. The van der Waals surface area contributed by atoms with E-state index in [1.54, 1.807) is 13.2 Å². The van der Waals surface area contributed by atoms with Crippen LogP contribution in [0.15, 0.2) is 24.3 Å². The van der Waals surface area contributed by atoms with Gasteiger partial charge in [-0.3, -0.25) is 0 Å². The van der Waals surface area contributed by atoms with E-state index in [1.807, 2.05) is 18.2 Å². The molecule has 0 atom stereocenters. The molecule has 0 saturated heterocycles. The van der Waals surface area contributed by atoms with Crippen molar-refractivity contribution in [3.63, 3.8) is 0 Å². The van der Waals surface area contributed by atoms with Crippen molar-refractivity contribution in [2.24, 2.45) is 0 Å². The average molecular weight is 234 g/mol. The van der Waals surface area contributed by atoms with Crippen LogP contribution in [0.5, 0.6) is 0 Å². The van der Waals surface area contributed by atoms with Gasteiger partial charge < -0.3 is 14.8 Å². The summed E-state index contributed by atoms with van der Waals surface area (Å²) in [6.07, 6.45) is 0. The summed E-state index contributed by atoms with van der Waals surface area (Å²) >= 11 is 0. The molecular formula is C13H18N2O2. The monoisotopic (exact) mass is 234 g/mol. The maximum Gasteiger partial charge on any atom is 0.0991 e. The van der Waals surface area contributed by atoms with Crippen molar-refractivity contribution >= 4 is 0 Å². The van der Waals surface area contributed by atoms with Crippen LogP contribution in [-0.2, 0) is 16.0 Å². The van der Waals surface area contributed by atoms with Gasteiger partial charge in [0, 0.05) is 20.2 Å². The molecule has 4 heteroatoms. The molecule has 0 aromatic heterocycles. The Kier molecular flexibility index (Phi) is 6.99. The minimum Gasteiger partial charge on any atom is -0.382 e. The first-order chi connectivity index (χ1) is 8.36.